The average Bonchev–Trinajstić information content (AvgIpc) is 2.86. The van der Waals surface area contributed by atoms with Crippen molar-refractivity contribution < 1.29 is 23.8 Å². The molecular formula is C22H18FNO4S. The Balaban J connectivity index is 1.64. The van der Waals surface area contributed by atoms with Gasteiger partial charge in [-0.25, -0.2) is 4.39 Å². The number of carbonyl (C=O) groups excluding carboxylic acids is 1. The first-order valence-electron chi connectivity index (χ1n) is 8.90. The van der Waals surface area contributed by atoms with Crippen LogP contribution in [0.25, 0.3) is 0 Å². The molecule has 1 amide bonds. The Labute approximate surface area is 171 Å². The maximum atomic E-state index is 13.1. The topological polar surface area (TPSA) is 67.8 Å². The molecule has 4 rings (SSSR count). The Morgan fingerprint density at radius 2 is 1.62 bits per heavy atom. The molecular weight excluding hydrogens is 393 g/mol. The lowest BCUT2D eigenvalue weighted by Crippen LogP contribution is -2.30. The van der Waals surface area contributed by atoms with Crippen LogP contribution in [0.15, 0.2) is 71.6 Å². The summed E-state index contributed by atoms with van der Waals surface area (Å²) < 4.78 is 24.1. The Morgan fingerprint density at radius 1 is 0.966 bits per heavy atom. The second-order valence-corrected chi connectivity index (χ2v) is 7.64. The number of methoxy groups -OCH3 is 1. The Hall–Kier alpha value is -3.03. The summed E-state index contributed by atoms with van der Waals surface area (Å²) >= 11 is 1.37. The van der Waals surface area contributed by atoms with E-state index in [1.165, 1.54) is 23.9 Å². The fourth-order valence-corrected chi connectivity index (χ4v) is 4.24. The first-order chi connectivity index (χ1) is 14.0. The second kappa shape index (κ2) is 8.14. The summed E-state index contributed by atoms with van der Waals surface area (Å²) in [7, 11) is 1.58. The summed E-state index contributed by atoms with van der Waals surface area (Å²) in [4.78, 5) is 13.2. The highest BCUT2D eigenvalue weighted by molar-refractivity contribution is 7.99. The minimum absolute atomic E-state index is 0.339. The highest BCUT2D eigenvalue weighted by Gasteiger charge is 2.33. The van der Waals surface area contributed by atoms with Crippen LogP contribution in [0.2, 0.25) is 0 Å². The predicted octanol–water partition coefficient (Wildman–Crippen LogP) is 4.77. The van der Waals surface area contributed by atoms with Crippen molar-refractivity contribution in [1.82, 2.24) is 0 Å². The monoisotopic (exact) mass is 411 g/mol. The van der Waals surface area contributed by atoms with E-state index in [1.807, 2.05) is 12.1 Å². The van der Waals surface area contributed by atoms with Crippen LogP contribution < -0.4 is 14.8 Å². The second-order valence-electron chi connectivity index (χ2n) is 6.46. The van der Waals surface area contributed by atoms with Crippen LogP contribution in [-0.2, 0) is 4.79 Å². The summed E-state index contributed by atoms with van der Waals surface area (Å²) in [6.07, 6.45) is -1.22. The van der Waals surface area contributed by atoms with Gasteiger partial charge in [-0.15, -0.1) is 11.8 Å². The van der Waals surface area contributed by atoms with E-state index < -0.39 is 17.3 Å². The van der Waals surface area contributed by atoms with Crippen molar-refractivity contribution in [3.63, 3.8) is 0 Å². The van der Waals surface area contributed by atoms with Gasteiger partial charge in [0.1, 0.15) is 29.2 Å². The van der Waals surface area contributed by atoms with Gasteiger partial charge in [0.2, 0.25) is 0 Å². The molecule has 0 aromatic heterocycles. The van der Waals surface area contributed by atoms with Gasteiger partial charge in [-0.3, -0.25) is 4.79 Å². The van der Waals surface area contributed by atoms with Crippen LogP contribution in [-0.4, -0.2) is 24.2 Å². The van der Waals surface area contributed by atoms with Crippen molar-refractivity contribution in [3.05, 3.63) is 78.1 Å². The number of thioether (sulfide) groups is 1. The van der Waals surface area contributed by atoms with Crippen LogP contribution in [0.3, 0.4) is 0 Å². The summed E-state index contributed by atoms with van der Waals surface area (Å²) in [5.41, 5.74) is 1.40. The van der Waals surface area contributed by atoms with Crippen LogP contribution in [0, 0.1) is 5.82 Å². The quantitative estimate of drug-likeness (QED) is 0.647. The minimum Gasteiger partial charge on any atom is -0.497 e. The summed E-state index contributed by atoms with van der Waals surface area (Å²) in [5.74, 6) is 0.933. The summed E-state index contributed by atoms with van der Waals surface area (Å²) in [5, 5.41) is 12.8. The molecule has 0 bridgehead atoms. The van der Waals surface area contributed by atoms with Gasteiger partial charge in [-0.05, 0) is 60.2 Å². The average molecular weight is 411 g/mol. The van der Waals surface area contributed by atoms with Crippen LogP contribution in [0.4, 0.5) is 10.1 Å². The number of hydrogen-bond acceptors (Lipinski definition) is 5. The first kappa shape index (κ1) is 19.3. The zero-order valence-electron chi connectivity index (χ0n) is 15.5. The van der Waals surface area contributed by atoms with E-state index in [9.17, 15) is 14.3 Å². The lowest BCUT2D eigenvalue weighted by molar-refractivity contribution is -0.124. The fraction of sp³-hybridized carbons (Fsp3) is 0.136. The molecule has 0 aliphatic carbocycles. The number of nitrogens with one attached hydrogen (secondary N) is 1. The molecule has 0 spiro atoms. The minimum atomic E-state index is -1.22. The first-order valence-corrected chi connectivity index (χ1v) is 9.78. The lowest BCUT2D eigenvalue weighted by Gasteiger charge is -2.19. The smallest absolute Gasteiger partial charge is 0.254 e. The Bertz CT molecular complexity index is 1020. The SMILES string of the molecule is COc1ccc([C@@H]2Sc3cc(Oc4ccc(F)cc4)ccc3NC(=O)[C@@H]2O)cc1. The number of benzene rings is 3. The van der Waals surface area contributed by atoms with E-state index in [2.05, 4.69) is 5.32 Å². The molecule has 0 saturated carbocycles. The Morgan fingerprint density at radius 3 is 2.31 bits per heavy atom. The number of anilines is 1. The molecule has 1 heterocycles. The summed E-state index contributed by atoms with van der Waals surface area (Å²) in [6, 6.07) is 18.2. The van der Waals surface area contributed by atoms with Crippen LogP contribution in [0.5, 0.6) is 17.2 Å². The molecule has 2 N–H and O–H groups in total. The standard InChI is InChI=1S/C22H18FNO4S/c1-27-15-6-2-13(3-7-15)21-20(25)22(26)24-18-11-10-17(12-19(18)29-21)28-16-8-4-14(23)5-9-16/h2-12,20-21,25H,1H3,(H,24,26)/t20-,21+/m1/s1. The van der Waals surface area contributed by atoms with Crippen molar-refractivity contribution in [2.24, 2.45) is 0 Å². The van der Waals surface area contributed by atoms with Gasteiger partial charge in [-0.1, -0.05) is 12.1 Å². The van der Waals surface area contributed by atoms with Gasteiger partial charge in [0, 0.05) is 4.90 Å². The normalized spacial score (nSPS) is 18.4. The number of hydrogen-bond donors (Lipinski definition) is 2. The number of aliphatic hydroxyl groups is 1. The highest BCUT2D eigenvalue weighted by Crippen LogP contribution is 2.45. The third-order valence-corrected chi connectivity index (χ3v) is 5.89. The molecule has 5 nitrogen and oxygen atoms in total. The predicted molar refractivity (Wildman–Crippen MR) is 109 cm³/mol. The molecule has 3 aromatic carbocycles. The molecule has 0 unspecified atom stereocenters. The molecule has 1 aliphatic heterocycles. The van der Waals surface area contributed by atoms with Gasteiger partial charge >= 0.3 is 0 Å². The number of amides is 1. The number of aliphatic hydroxyl groups excluding tert-OH is 1. The zero-order chi connectivity index (χ0) is 20.4. The molecule has 2 atom stereocenters. The van der Waals surface area contributed by atoms with Gasteiger partial charge < -0.3 is 19.9 Å². The molecule has 148 valence electrons. The van der Waals surface area contributed by atoms with Crippen molar-refractivity contribution in [1.29, 1.82) is 0 Å². The number of carbonyl (C=O) groups is 1. The maximum absolute atomic E-state index is 13.1. The summed E-state index contributed by atoms with van der Waals surface area (Å²) in [6.45, 7) is 0. The van der Waals surface area contributed by atoms with E-state index in [1.54, 1.807) is 49.6 Å². The van der Waals surface area contributed by atoms with E-state index in [0.29, 0.717) is 22.9 Å². The number of fused-ring (bicyclic) bond motifs is 1. The van der Waals surface area contributed by atoms with Crippen molar-refractivity contribution in [3.8, 4) is 17.2 Å². The highest BCUT2D eigenvalue weighted by atomic mass is 32.2. The van der Waals surface area contributed by atoms with Crippen molar-refractivity contribution in [2.45, 2.75) is 16.2 Å². The zero-order valence-corrected chi connectivity index (χ0v) is 16.3. The van der Waals surface area contributed by atoms with E-state index in [0.717, 1.165) is 10.5 Å². The molecule has 1 aliphatic rings. The Kier molecular flexibility index (Phi) is 5.42. The third-order valence-electron chi connectivity index (χ3n) is 4.51. The van der Waals surface area contributed by atoms with Gasteiger partial charge in [0.05, 0.1) is 18.0 Å². The molecule has 29 heavy (non-hydrogen) atoms. The lowest BCUT2D eigenvalue weighted by atomic mass is 10.1. The van der Waals surface area contributed by atoms with Gasteiger partial charge in [0.25, 0.3) is 5.91 Å². The third kappa shape index (κ3) is 4.21. The number of ether oxygens (including phenoxy) is 2. The van der Waals surface area contributed by atoms with Gasteiger partial charge in [-0.2, -0.15) is 0 Å². The van der Waals surface area contributed by atoms with E-state index in [-0.39, 0.29) is 5.82 Å². The number of rotatable bonds is 4. The van der Waals surface area contributed by atoms with Crippen molar-refractivity contribution in [2.75, 3.05) is 12.4 Å². The van der Waals surface area contributed by atoms with Crippen molar-refractivity contribution >= 4 is 23.4 Å². The van der Waals surface area contributed by atoms with E-state index in [4.69, 9.17) is 9.47 Å². The maximum Gasteiger partial charge on any atom is 0.254 e. The van der Waals surface area contributed by atoms with E-state index >= 15 is 0 Å². The molecule has 0 radical (unpaired) electrons. The molecule has 7 heteroatoms. The largest absolute Gasteiger partial charge is 0.497 e. The van der Waals surface area contributed by atoms with Gasteiger partial charge in [0.15, 0.2) is 0 Å². The molecule has 0 saturated heterocycles. The van der Waals surface area contributed by atoms with Crippen LogP contribution >= 0.6 is 11.8 Å². The fourth-order valence-electron chi connectivity index (χ4n) is 2.99. The number of halogens is 1. The van der Waals surface area contributed by atoms with Crippen LogP contribution in [0.1, 0.15) is 10.8 Å². The molecule has 3 aromatic rings. The molecule has 0 fully saturated rings.